The molecule has 1 aromatic carbocycles. The summed E-state index contributed by atoms with van der Waals surface area (Å²) in [5, 5.41) is 21.1. The van der Waals surface area contributed by atoms with E-state index in [9.17, 15) is 10.4 Å². The standard InChI is InChI=1S/C18H23NO/c19-14-17(10-6-2-1-3-7-11-17)18(20)12-15-8-4-5-9-16(15)13-18/h4-5,8-9,20H,1-3,6-7,10-13H2. The Hall–Kier alpha value is -1.33. The second-order valence-electron chi connectivity index (χ2n) is 6.62. The highest BCUT2D eigenvalue weighted by Crippen LogP contribution is 2.49. The van der Waals surface area contributed by atoms with Crippen LogP contribution in [0.2, 0.25) is 0 Å². The van der Waals surface area contributed by atoms with Crippen LogP contribution in [0.3, 0.4) is 0 Å². The molecule has 1 saturated carbocycles. The van der Waals surface area contributed by atoms with Gasteiger partial charge in [0.2, 0.25) is 0 Å². The molecule has 0 heterocycles. The van der Waals surface area contributed by atoms with E-state index in [1.54, 1.807) is 0 Å². The van der Waals surface area contributed by atoms with Gasteiger partial charge in [-0.1, -0.05) is 56.4 Å². The first kappa shape index (κ1) is 13.6. The minimum absolute atomic E-state index is 0.549. The average molecular weight is 269 g/mol. The van der Waals surface area contributed by atoms with E-state index in [2.05, 4.69) is 18.2 Å². The maximum absolute atomic E-state index is 11.3. The van der Waals surface area contributed by atoms with Gasteiger partial charge in [-0.2, -0.15) is 5.26 Å². The van der Waals surface area contributed by atoms with Gasteiger partial charge >= 0.3 is 0 Å². The van der Waals surface area contributed by atoms with Gasteiger partial charge in [0.1, 0.15) is 0 Å². The zero-order chi connectivity index (χ0) is 14.1. The molecule has 0 bridgehead atoms. The van der Waals surface area contributed by atoms with Crippen LogP contribution < -0.4 is 0 Å². The van der Waals surface area contributed by atoms with Crippen molar-refractivity contribution in [3.8, 4) is 6.07 Å². The van der Waals surface area contributed by atoms with Crippen LogP contribution >= 0.6 is 0 Å². The Balaban J connectivity index is 1.91. The van der Waals surface area contributed by atoms with Crippen molar-refractivity contribution in [2.24, 2.45) is 5.41 Å². The number of nitriles is 1. The molecule has 0 aromatic heterocycles. The van der Waals surface area contributed by atoms with Crippen LogP contribution in [0.15, 0.2) is 24.3 Å². The largest absolute Gasteiger partial charge is 0.388 e. The lowest BCUT2D eigenvalue weighted by atomic mass is 9.64. The summed E-state index contributed by atoms with van der Waals surface area (Å²) in [6.45, 7) is 0. The van der Waals surface area contributed by atoms with E-state index in [0.717, 1.165) is 25.7 Å². The number of benzene rings is 1. The molecule has 1 aromatic rings. The Labute approximate surface area is 121 Å². The van der Waals surface area contributed by atoms with E-state index < -0.39 is 11.0 Å². The quantitative estimate of drug-likeness (QED) is 0.843. The molecule has 0 radical (unpaired) electrons. The second kappa shape index (κ2) is 5.22. The van der Waals surface area contributed by atoms with Gasteiger partial charge in [0.15, 0.2) is 0 Å². The van der Waals surface area contributed by atoms with Gasteiger partial charge in [0, 0.05) is 12.8 Å². The normalized spacial score (nSPS) is 24.2. The Morgan fingerprint density at radius 3 is 1.90 bits per heavy atom. The SMILES string of the molecule is N#CC1(C2(O)Cc3ccccc3C2)CCCCCCC1. The van der Waals surface area contributed by atoms with Crippen molar-refractivity contribution in [2.45, 2.75) is 63.4 Å². The zero-order valence-electron chi connectivity index (χ0n) is 12.1. The molecule has 0 spiro atoms. The number of aliphatic hydroxyl groups is 1. The average Bonchev–Trinajstić information content (AvgIpc) is 2.76. The fourth-order valence-electron chi connectivity index (χ4n) is 4.12. The number of hydrogen-bond donors (Lipinski definition) is 1. The third-order valence-electron chi connectivity index (χ3n) is 5.40. The highest BCUT2D eigenvalue weighted by Gasteiger charge is 2.52. The van der Waals surface area contributed by atoms with Crippen LogP contribution in [0.1, 0.15) is 56.1 Å². The maximum atomic E-state index is 11.3. The van der Waals surface area contributed by atoms with Crippen LogP contribution in [0.25, 0.3) is 0 Å². The molecule has 0 aliphatic heterocycles. The van der Waals surface area contributed by atoms with E-state index in [1.165, 1.54) is 30.4 Å². The summed E-state index contributed by atoms with van der Waals surface area (Å²) < 4.78 is 0. The molecule has 2 nitrogen and oxygen atoms in total. The van der Waals surface area contributed by atoms with Crippen LogP contribution in [0.4, 0.5) is 0 Å². The first-order chi connectivity index (χ1) is 9.69. The molecule has 3 rings (SSSR count). The monoisotopic (exact) mass is 269 g/mol. The lowest BCUT2D eigenvalue weighted by Gasteiger charge is -2.41. The summed E-state index contributed by atoms with van der Waals surface area (Å²) in [5.74, 6) is 0. The minimum Gasteiger partial charge on any atom is -0.388 e. The molecule has 0 saturated heterocycles. The molecule has 106 valence electrons. The van der Waals surface area contributed by atoms with Gasteiger partial charge in [0.05, 0.1) is 17.1 Å². The Morgan fingerprint density at radius 1 is 0.900 bits per heavy atom. The summed E-state index contributed by atoms with van der Waals surface area (Å²) in [5.41, 5.74) is 1.05. The fraction of sp³-hybridized carbons (Fsp3) is 0.611. The second-order valence-corrected chi connectivity index (χ2v) is 6.62. The lowest BCUT2D eigenvalue weighted by Crippen LogP contribution is -2.49. The van der Waals surface area contributed by atoms with Gasteiger partial charge < -0.3 is 5.11 Å². The number of nitrogens with zero attached hydrogens (tertiary/aromatic N) is 1. The Kier molecular flexibility index (Phi) is 3.56. The van der Waals surface area contributed by atoms with E-state index in [1.807, 2.05) is 12.1 Å². The van der Waals surface area contributed by atoms with Gasteiger partial charge in [-0.15, -0.1) is 0 Å². The van der Waals surface area contributed by atoms with Gasteiger partial charge in [-0.05, 0) is 24.0 Å². The molecule has 1 N–H and O–H groups in total. The Morgan fingerprint density at radius 2 is 1.40 bits per heavy atom. The van der Waals surface area contributed by atoms with Crippen LogP contribution in [-0.2, 0) is 12.8 Å². The van der Waals surface area contributed by atoms with Crippen LogP contribution in [0.5, 0.6) is 0 Å². The minimum atomic E-state index is -0.858. The van der Waals surface area contributed by atoms with Crippen molar-refractivity contribution in [1.29, 1.82) is 5.26 Å². The molecular weight excluding hydrogens is 246 g/mol. The first-order valence-electron chi connectivity index (χ1n) is 7.90. The molecule has 2 heteroatoms. The lowest BCUT2D eigenvalue weighted by molar-refractivity contribution is -0.0591. The van der Waals surface area contributed by atoms with Crippen molar-refractivity contribution < 1.29 is 5.11 Å². The topological polar surface area (TPSA) is 44.0 Å². The predicted octanol–water partition coefficient (Wildman–Crippen LogP) is 3.77. The molecule has 2 aliphatic rings. The van der Waals surface area contributed by atoms with Crippen LogP contribution in [-0.4, -0.2) is 10.7 Å². The third-order valence-corrected chi connectivity index (χ3v) is 5.40. The van der Waals surface area contributed by atoms with Crippen molar-refractivity contribution >= 4 is 0 Å². The van der Waals surface area contributed by atoms with E-state index in [0.29, 0.717) is 12.8 Å². The van der Waals surface area contributed by atoms with Crippen molar-refractivity contribution in [3.63, 3.8) is 0 Å². The van der Waals surface area contributed by atoms with E-state index >= 15 is 0 Å². The van der Waals surface area contributed by atoms with Gasteiger partial charge in [-0.3, -0.25) is 0 Å². The van der Waals surface area contributed by atoms with Gasteiger partial charge in [-0.25, -0.2) is 0 Å². The molecular formula is C18H23NO. The Bertz CT molecular complexity index is 495. The summed E-state index contributed by atoms with van der Waals surface area (Å²) >= 11 is 0. The van der Waals surface area contributed by atoms with Gasteiger partial charge in [0.25, 0.3) is 0 Å². The molecule has 2 aliphatic carbocycles. The highest BCUT2D eigenvalue weighted by atomic mass is 16.3. The summed E-state index contributed by atoms with van der Waals surface area (Å²) in [7, 11) is 0. The first-order valence-corrected chi connectivity index (χ1v) is 7.90. The fourth-order valence-corrected chi connectivity index (χ4v) is 4.12. The summed E-state index contributed by atoms with van der Waals surface area (Å²) in [6, 6.07) is 10.8. The van der Waals surface area contributed by atoms with E-state index in [4.69, 9.17) is 0 Å². The van der Waals surface area contributed by atoms with Crippen molar-refractivity contribution in [1.82, 2.24) is 0 Å². The number of rotatable bonds is 1. The molecule has 0 amide bonds. The highest BCUT2D eigenvalue weighted by molar-refractivity contribution is 5.38. The van der Waals surface area contributed by atoms with Crippen molar-refractivity contribution in [3.05, 3.63) is 35.4 Å². The van der Waals surface area contributed by atoms with Crippen molar-refractivity contribution in [2.75, 3.05) is 0 Å². The molecule has 1 fully saturated rings. The summed E-state index contributed by atoms with van der Waals surface area (Å²) in [4.78, 5) is 0. The molecule has 0 atom stereocenters. The molecule has 20 heavy (non-hydrogen) atoms. The molecule has 0 unspecified atom stereocenters. The maximum Gasteiger partial charge on any atom is 0.0913 e. The number of hydrogen-bond acceptors (Lipinski definition) is 2. The predicted molar refractivity (Wildman–Crippen MR) is 79.2 cm³/mol. The smallest absolute Gasteiger partial charge is 0.0913 e. The summed E-state index contributed by atoms with van der Waals surface area (Å²) in [6.07, 6.45) is 8.84. The van der Waals surface area contributed by atoms with Crippen LogP contribution in [0, 0.1) is 16.7 Å². The number of fused-ring (bicyclic) bond motifs is 1. The van der Waals surface area contributed by atoms with E-state index in [-0.39, 0.29) is 0 Å². The zero-order valence-corrected chi connectivity index (χ0v) is 12.1. The third kappa shape index (κ3) is 2.15.